The Labute approximate surface area is 176 Å². The molecule has 1 aromatic carbocycles. The summed E-state index contributed by atoms with van der Waals surface area (Å²) in [5.74, 6) is 1.11. The number of thiophene rings is 1. The number of amides is 3. The third-order valence-corrected chi connectivity index (χ3v) is 7.44. The van der Waals surface area contributed by atoms with Crippen LogP contribution in [0.5, 0.6) is 0 Å². The Kier molecular flexibility index (Phi) is 4.81. The van der Waals surface area contributed by atoms with Gasteiger partial charge in [0.1, 0.15) is 6.04 Å². The summed E-state index contributed by atoms with van der Waals surface area (Å²) < 4.78 is 0. The zero-order valence-corrected chi connectivity index (χ0v) is 17.2. The number of carbonyl (C=O) groups excluding carboxylic acids is 3. The highest BCUT2D eigenvalue weighted by Gasteiger charge is 2.41. The van der Waals surface area contributed by atoms with E-state index in [1.54, 1.807) is 39.0 Å². The standard InChI is InChI=1S/C20H20N4O3S2/c25-18-16-9-23(20(27)15-10-28-11-21-15)5-6-24(16)19(26)13-8-12(3-4-14(13)22-18)17-2-1-7-29-17/h1-4,7-8,15-16,21H,5-6,9-11H2,(H,22,25). The number of anilines is 1. The van der Waals surface area contributed by atoms with Crippen LogP contribution in [0.1, 0.15) is 10.4 Å². The quantitative estimate of drug-likeness (QED) is 0.761. The van der Waals surface area contributed by atoms with E-state index in [2.05, 4.69) is 10.6 Å². The van der Waals surface area contributed by atoms with Gasteiger partial charge in [-0.1, -0.05) is 12.1 Å². The van der Waals surface area contributed by atoms with Crippen LogP contribution >= 0.6 is 23.1 Å². The van der Waals surface area contributed by atoms with Crippen LogP contribution in [0.2, 0.25) is 0 Å². The van der Waals surface area contributed by atoms with E-state index in [1.807, 2.05) is 29.6 Å². The summed E-state index contributed by atoms with van der Waals surface area (Å²) in [6, 6.07) is 8.66. The maximum atomic E-state index is 13.3. The summed E-state index contributed by atoms with van der Waals surface area (Å²) in [4.78, 5) is 43.3. The molecular weight excluding hydrogens is 408 g/mol. The topological polar surface area (TPSA) is 81.8 Å². The summed E-state index contributed by atoms with van der Waals surface area (Å²) >= 11 is 3.30. The largest absolute Gasteiger partial charge is 0.337 e. The first-order valence-electron chi connectivity index (χ1n) is 9.51. The lowest BCUT2D eigenvalue weighted by atomic mass is 10.1. The van der Waals surface area contributed by atoms with Crippen molar-refractivity contribution in [3.63, 3.8) is 0 Å². The Bertz CT molecular complexity index is 972. The molecule has 2 N–H and O–H groups in total. The molecule has 2 aromatic rings. The number of benzene rings is 1. The van der Waals surface area contributed by atoms with Gasteiger partial charge in [0.25, 0.3) is 5.91 Å². The maximum Gasteiger partial charge on any atom is 0.256 e. The molecule has 2 saturated heterocycles. The molecule has 0 aliphatic carbocycles. The molecule has 0 saturated carbocycles. The zero-order valence-electron chi connectivity index (χ0n) is 15.6. The Morgan fingerprint density at radius 1 is 1.17 bits per heavy atom. The van der Waals surface area contributed by atoms with Crippen LogP contribution in [0.25, 0.3) is 10.4 Å². The lowest BCUT2D eigenvalue weighted by Crippen LogP contribution is -2.61. The molecule has 0 bridgehead atoms. The van der Waals surface area contributed by atoms with Gasteiger partial charge in [0.05, 0.1) is 23.8 Å². The van der Waals surface area contributed by atoms with Crippen molar-refractivity contribution in [3.05, 3.63) is 41.3 Å². The average Bonchev–Trinajstić information content (AvgIpc) is 3.45. The number of rotatable bonds is 2. The van der Waals surface area contributed by atoms with Crippen LogP contribution < -0.4 is 10.6 Å². The lowest BCUT2D eigenvalue weighted by molar-refractivity contribution is -0.137. The van der Waals surface area contributed by atoms with Gasteiger partial charge in [-0.15, -0.1) is 23.1 Å². The molecule has 3 aliphatic rings. The monoisotopic (exact) mass is 428 g/mol. The third kappa shape index (κ3) is 3.33. The number of hydrogen-bond donors (Lipinski definition) is 2. The fourth-order valence-electron chi connectivity index (χ4n) is 4.02. The molecule has 2 fully saturated rings. The number of thioether (sulfide) groups is 1. The van der Waals surface area contributed by atoms with Gasteiger partial charge < -0.3 is 15.1 Å². The molecule has 1 aromatic heterocycles. The molecule has 150 valence electrons. The predicted octanol–water partition coefficient (Wildman–Crippen LogP) is 1.68. The van der Waals surface area contributed by atoms with Gasteiger partial charge >= 0.3 is 0 Å². The molecule has 0 radical (unpaired) electrons. The van der Waals surface area contributed by atoms with Crippen LogP contribution in [0.3, 0.4) is 0 Å². The Morgan fingerprint density at radius 3 is 2.83 bits per heavy atom. The van der Waals surface area contributed by atoms with Crippen molar-refractivity contribution in [2.45, 2.75) is 12.1 Å². The minimum atomic E-state index is -0.674. The third-order valence-electron chi connectivity index (χ3n) is 5.58. The molecule has 4 heterocycles. The summed E-state index contributed by atoms with van der Waals surface area (Å²) in [5, 5.41) is 8.08. The van der Waals surface area contributed by atoms with Crippen LogP contribution in [0.15, 0.2) is 35.7 Å². The second-order valence-corrected chi connectivity index (χ2v) is 9.28. The van der Waals surface area contributed by atoms with Gasteiger partial charge in [-0.25, -0.2) is 0 Å². The number of nitrogens with zero attached hydrogens (tertiary/aromatic N) is 2. The maximum absolute atomic E-state index is 13.3. The molecule has 29 heavy (non-hydrogen) atoms. The highest BCUT2D eigenvalue weighted by Crippen LogP contribution is 2.32. The number of nitrogens with one attached hydrogen (secondary N) is 2. The number of hydrogen-bond acceptors (Lipinski definition) is 6. The number of piperazine rings is 1. The van der Waals surface area contributed by atoms with Crippen LogP contribution in [0.4, 0.5) is 5.69 Å². The van der Waals surface area contributed by atoms with Crippen molar-refractivity contribution >= 4 is 46.5 Å². The van der Waals surface area contributed by atoms with Gasteiger partial charge in [-0.3, -0.25) is 19.7 Å². The Hall–Kier alpha value is -2.36. The van der Waals surface area contributed by atoms with Crippen molar-refractivity contribution in [1.29, 1.82) is 0 Å². The second kappa shape index (κ2) is 7.47. The second-order valence-electron chi connectivity index (χ2n) is 7.30. The minimum Gasteiger partial charge on any atom is -0.337 e. The normalized spacial score (nSPS) is 24.0. The summed E-state index contributed by atoms with van der Waals surface area (Å²) in [5.41, 5.74) is 1.99. The van der Waals surface area contributed by atoms with Gasteiger partial charge in [-0.05, 0) is 29.1 Å². The molecule has 3 aliphatic heterocycles. The number of carbonyl (C=O) groups is 3. The highest BCUT2D eigenvalue weighted by atomic mass is 32.2. The smallest absolute Gasteiger partial charge is 0.256 e. The minimum absolute atomic E-state index is 0.0108. The zero-order chi connectivity index (χ0) is 20.0. The first kappa shape index (κ1) is 18.7. The number of fused-ring (bicyclic) bond motifs is 2. The van der Waals surface area contributed by atoms with Gasteiger partial charge in [0, 0.05) is 29.6 Å². The van der Waals surface area contributed by atoms with Crippen LogP contribution in [-0.2, 0) is 9.59 Å². The van der Waals surface area contributed by atoms with E-state index in [-0.39, 0.29) is 30.3 Å². The fourth-order valence-corrected chi connectivity index (χ4v) is 5.68. The van der Waals surface area contributed by atoms with Gasteiger partial charge in [0.15, 0.2) is 0 Å². The Morgan fingerprint density at radius 2 is 2.07 bits per heavy atom. The van der Waals surface area contributed by atoms with Crippen molar-refractivity contribution in [2.24, 2.45) is 0 Å². The Balaban J connectivity index is 1.42. The van der Waals surface area contributed by atoms with E-state index in [0.717, 1.165) is 22.1 Å². The highest BCUT2D eigenvalue weighted by molar-refractivity contribution is 7.99. The molecule has 2 unspecified atom stereocenters. The predicted molar refractivity (Wildman–Crippen MR) is 114 cm³/mol. The lowest BCUT2D eigenvalue weighted by Gasteiger charge is -2.40. The summed E-state index contributed by atoms with van der Waals surface area (Å²) in [6.07, 6.45) is 0. The van der Waals surface area contributed by atoms with Crippen LogP contribution in [0, 0.1) is 0 Å². The molecule has 9 heteroatoms. The molecular formula is C20H20N4O3S2. The SMILES string of the molecule is O=C1Nc2ccc(-c3cccs3)cc2C(=O)N2CCN(C(=O)C3CSCN3)CC12. The van der Waals surface area contributed by atoms with Gasteiger partial charge in [-0.2, -0.15) is 0 Å². The first-order chi connectivity index (χ1) is 14.1. The van der Waals surface area contributed by atoms with E-state index < -0.39 is 6.04 Å². The summed E-state index contributed by atoms with van der Waals surface area (Å²) in [6.45, 7) is 1.02. The molecule has 0 spiro atoms. The van der Waals surface area contributed by atoms with E-state index in [0.29, 0.717) is 24.3 Å². The van der Waals surface area contributed by atoms with Crippen molar-refractivity contribution in [1.82, 2.24) is 15.1 Å². The van der Waals surface area contributed by atoms with E-state index in [9.17, 15) is 14.4 Å². The van der Waals surface area contributed by atoms with Gasteiger partial charge in [0.2, 0.25) is 11.8 Å². The van der Waals surface area contributed by atoms with E-state index in [1.165, 1.54) is 0 Å². The van der Waals surface area contributed by atoms with E-state index >= 15 is 0 Å². The first-order valence-corrected chi connectivity index (χ1v) is 11.5. The molecule has 5 rings (SSSR count). The van der Waals surface area contributed by atoms with Crippen molar-refractivity contribution < 1.29 is 14.4 Å². The van der Waals surface area contributed by atoms with E-state index in [4.69, 9.17) is 0 Å². The van der Waals surface area contributed by atoms with Crippen LogP contribution in [-0.4, -0.2) is 70.9 Å². The molecule has 2 atom stereocenters. The molecule has 3 amide bonds. The summed E-state index contributed by atoms with van der Waals surface area (Å²) in [7, 11) is 0. The van der Waals surface area contributed by atoms with Crippen molar-refractivity contribution in [3.8, 4) is 10.4 Å². The average molecular weight is 429 g/mol. The molecule has 7 nitrogen and oxygen atoms in total. The fraction of sp³-hybridized carbons (Fsp3) is 0.350. The van der Waals surface area contributed by atoms with Crippen molar-refractivity contribution in [2.75, 3.05) is 36.6 Å².